The van der Waals surface area contributed by atoms with Gasteiger partial charge in [0.1, 0.15) is 5.75 Å². The Kier molecular flexibility index (Phi) is 8.34. The summed E-state index contributed by atoms with van der Waals surface area (Å²) in [5.74, 6) is -3.13. The molecule has 1 fully saturated rings. The molecule has 170 valence electrons. The van der Waals surface area contributed by atoms with Gasteiger partial charge in [0, 0.05) is 26.3 Å². The highest BCUT2D eigenvalue weighted by Crippen LogP contribution is 2.32. The first-order valence-electron chi connectivity index (χ1n) is 9.28. The molecule has 0 aromatic heterocycles. The van der Waals surface area contributed by atoms with Crippen molar-refractivity contribution in [2.45, 2.75) is 58.1 Å². The van der Waals surface area contributed by atoms with E-state index in [2.05, 4.69) is 0 Å². The van der Waals surface area contributed by atoms with Gasteiger partial charge in [-0.25, -0.2) is 4.79 Å². The van der Waals surface area contributed by atoms with Crippen molar-refractivity contribution in [3.63, 3.8) is 0 Å². The number of rotatable bonds is 7. The van der Waals surface area contributed by atoms with Crippen LogP contribution >= 0.6 is 0 Å². The molecule has 11 nitrogen and oxygen atoms in total. The summed E-state index contributed by atoms with van der Waals surface area (Å²) in [6.07, 6.45) is -7.38. The number of aliphatic hydroxyl groups is 1. The molecule has 1 aromatic rings. The first-order valence-corrected chi connectivity index (χ1v) is 9.28. The van der Waals surface area contributed by atoms with Crippen LogP contribution in [0, 0.1) is 0 Å². The van der Waals surface area contributed by atoms with E-state index in [4.69, 9.17) is 28.4 Å². The second kappa shape index (κ2) is 10.7. The van der Waals surface area contributed by atoms with Crippen molar-refractivity contribution in [1.29, 1.82) is 0 Å². The molecule has 1 heterocycles. The lowest BCUT2D eigenvalue weighted by Gasteiger charge is -2.43. The highest BCUT2D eigenvalue weighted by atomic mass is 16.7. The molecule has 11 heteroatoms. The van der Waals surface area contributed by atoms with E-state index in [-0.39, 0.29) is 12.4 Å². The van der Waals surface area contributed by atoms with Gasteiger partial charge in [0.2, 0.25) is 12.4 Å². The third-order valence-corrected chi connectivity index (χ3v) is 4.22. The van der Waals surface area contributed by atoms with Gasteiger partial charge in [-0.3, -0.25) is 14.4 Å². The Morgan fingerprint density at radius 2 is 1.45 bits per heavy atom. The Morgan fingerprint density at radius 3 is 2.00 bits per heavy atom. The van der Waals surface area contributed by atoms with E-state index in [1.54, 1.807) is 18.2 Å². The quantitative estimate of drug-likeness (QED) is 0.460. The van der Waals surface area contributed by atoms with Crippen molar-refractivity contribution in [3.05, 3.63) is 29.8 Å². The lowest BCUT2D eigenvalue weighted by atomic mass is 9.97. The number of hydrogen-bond donors (Lipinski definition) is 1. The van der Waals surface area contributed by atoms with Gasteiger partial charge < -0.3 is 33.5 Å². The molecule has 1 saturated heterocycles. The number of hydrogen-bond acceptors (Lipinski definition) is 11. The second-order valence-electron chi connectivity index (χ2n) is 6.55. The highest BCUT2D eigenvalue weighted by molar-refractivity contribution is 5.77. The molecule has 31 heavy (non-hydrogen) atoms. The van der Waals surface area contributed by atoms with Gasteiger partial charge >= 0.3 is 23.9 Å². The molecule has 1 aliphatic heterocycles. The molecule has 1 aromatic carbocycles. The largest absolute Gasteiger partial charge is 0.467 e. The number of benzene rings is 1. The number of ether oxygens (including phenoxy) is 6. The van der Waals surface area contributed by atoms with E-state index in [0.717, 1.165) is 27.9 Å². The van der Waals surface area contributed by atoms with Gasteiger partial charge in [-0.05, 0) is 6.07 Å². The summed E-state index contributed by atoms with van der Waals surface area (Å²) >= 11 is 0. The normalized spacial score (nSPS) is 25.1. The number of carbonyl (C=O) groups excluding carboxylic acids is 4. The maximum Gasteiger partial charge on any atom is 0.339 e. The fourth-order valence-electron chi connectivity index (χ4n) is 3.05. The fraction of sp³-hybridized carbons (Fsp3) is 0.500. The molecular formula is C20H24O11. The van der Waals surface area contributed by atoms with Crippen LogP contribution < -0.4 is 4.74 Å². The number of carbonyl (C=O) groups is 4. The van der Waals surface area contributed by atoms with Crippen molar-refractivity contribution >= 4 is 23.9 Å². The zero-order valence-electron chi connectivity index (χ0n) is 17.4. The highest BCUT2D eigenvalue weighted by Gasteiger charge is 2.55. The Hall–Kier alpha value is -3.18. The summed E-state index contributed by atoms with van der Waals surface area (Å²) in [5, 5.41) is 9.54. The Balaban J connectivity index is 2.52. The standard InChI is InChI=1S/C20H24O11/c1-10(22)27-15-16(28-11(2)23)18(29-12(3)24)20(31-17(15)19(25)26-4)30-14-8-6-5-7-13(14)9-21/h5-8,15-18,20-21H,9H2,1-4H3/t15-,16-,17-,18+,20?/m0/s1. The minimum absolute atomic E-state index is 0.170. The molecule has 5 atom stereocenters. The van der Waals surface area contributed by atoms with E-state index >= 15 is 0 Å². The number of aliphatic hydroxyl groups excluding tert-OH is 1. The topological polar surface area (TPSA) is 144 Å². The van der Waals surface area contributed by atoms with Crippen molar-refractivity contribution in [1.82, 2.24) is 0 Å². The summed E-state index contributed by atoms with van der Waals surface area (Å²) in [6, 6.07) is 6.40. The molecule has 0 amide bonds. The number of para-hydroxylation sites is 1. The van der Waals surface area contributed by atoms with Crippen molar-refractivity contribution < 1.29 is 52.7 Å². The Morgan fingerprint density at radius 1 is 0.903 bits per heavy atom. The van der Waals surface area contributed by atoms with Crippen LogP contribution in [0.25, 0.3) is 0 Å². The summed E-state index contributed by atoms with van der Waals surface area (Å²) in [6.45, 7) is 2.91. The monoisotopic (exact) mass is 440 g/mol. The second-order valence-corrected chi connectivity index (χ2v) is 6.55. The lowest BCUT2D eigenvalue weighted by Crippen LogP contribution is -2.64. The molecule has 0 aliphatic carbocycles. The van der Waals surface area contributed by atoms with Crippen LogP contribution in [-0.4, -0.2) is 66.8 Å². The molecule has 1 N–H and O–H groups in total. The summed E-state index contributed by atoms with van der Waals surface area (Å²) in [7, 11) is 1.09. The van der Waals surface area contributed by atoms with Crippen molar-refractivity contribution in [3.8, 4) is 5.75 Å². The van der Waals surface area contributed by atoms with E-state index in [1.807, 2.05) is 0 Å². The maximum absolute atomic E-state index is 12.4. The van der Waals surface area contributed by atoms with E-state index < -0.39 is 54.6 Å². The molecule has 0 saturated carbocycles. The molecule has 0 bridgehead atoms. The SMILES string of the molecule is COC(=O)[C@H]1OC(Oc2ccccc2CO)[C@H](OC(C)=O)[C@@H](OC(C)=O)[C@@H]1OC(C)=O. The number of methoxy groups -OCH3 is 1. The van der Waals surface area contributed by atoms with Crippen LogP contribution in [-0.2, 0) is 49.5 Å². The van der Waals surface area contributed by atoms with Gasteiger partial charge in [0.15, 0.2) is 18.3 Å². The predicted molar refractivity (Wildman–Crippen MR) is 100 cm³/mol. The van der Waals surface area contributed by atoms with Crippen LogP contribution in [0.4, 0.5) is 0 Å². The first kappa shape index (κ1) is 24.1. The Bertz CT molecular complexity index is 821. The smallest absolute Gasteiger partial charge is 0.339 e. The van der Waals surface area contributed by atoms with Gasteiger partial charge in [0.05, 0.1) is 13.7 Å². The van der Waals surface area contributed by atoms with Crippen LogP contribution in [0.15, 0.2) is 24.3 Å². The van der Waals surface area contributed by atoms with Crippen LogP contribution in [0.1, 0.15) is 26.3 Å². The number of esters is 4. The van der Waals surface area contributed by atoms with E-state index in [9.17, 15) is 24.3 Å². The molecule has 1 unspecified atom stereocenters. The van der Waals surface area contributed by atoms with E-state index in [0.29, 0.717) is 5.56 Å². The lowest BCUT2D eigenvalue weighted by molar-refractivity contribution is -0.282. The van der Waals surface area contributed by atoms with E-state index in [1.165, 1.54) is 6.07 Å². The van der Waals surface area contributed by atoms with Gasteiger partial charge in [-0.1, -0.05) is 18.2 Å². The summed E-state index contributed by atoms with van der Waals surface area (Å²) in [5.41, 5.74) is 0.383. The van der Waals surface area contributed by atoms with Crippen molar-refractivity contribution in [2.24, 2.45) is 0 Å². The zero-order valence-corrected chi connectivity index (χ0v) is 17.4. The fourth-order valence-corrected chi connectivity index (χ4v) is 3.05. The molecule has 1 aliphatic rings. The molecule has 0 spiro atoms. The van der Waals surface area contributed by atoms with Crippen LogP contribution in [0.3, 0.4) is 0 Å². The summed E-state index contributed by atoms with van der Waals surface area (Å²) in [4.78, 5) is 47.5. The zero-order chi connectivity index (χ0) is 23.1. The van der Waals surface area contributed by atoms with Crippen LogP contribution in [0.5, 0.6) is 5.75 Å². The predicted octanol–water partition coefficient (Wildman–Crippen LogP) is 0.251. The first-order chi connectivity index (χ1) is 14.7. The minimum Gasteiger partial charge on any atom is -0.467 e. The molecule has 0 radical (unpaired) electrons. The van der Waals surface area contributed by atoms with Gasteiger partial charge in [-0.2, -0.15) is 0 Å². The van der Waals surface area contributed by atoms with Crippen molar-refractivity contribution in [2.75, 3.05) is 7.11 Å². The van der Waals surface area contributed by atoms with Crippen LogP contribution in [0.2, 0.25) is 0 Å². The third-order valence-electron chi connectivity index (χ3n) is 4.22. The molecule has 2 rings (SSSR count). The Labute approximate surface area is 178 Å². The van der Waals surface area contributed by atoms with Gasteiger partial charge in [0.25, 0.3) is 0 Å². The average molecular weight is 440 g/mol. The maximum atomic E-state index is 12.4. The third kappa shape index (κ3) is 6.15. The summed E-state index contributed by atoms with van der Waals surface area (Å²) < 4.78 is 31.8. The average Bonchev–Trinajstić information content (AvgIpc) is 2.70. The minimum atomic E-state index is -1.56. The van der Waals surface area contributed by atoms with Gasteiger partial charge in [-0.15, -0.1) is 0 Å². The molecular weight excluding hydrogens is 416 g/mol.